The van der Waals surface area contributed by atoms with E-state index in [1.807, 2.05) is 12.1 Å². The van der Waals surface area contributed by atoms with Crippen molar-refractivity contribution in [3.8, 4) is 5.75 Å². The number of methoxy groups -OCH3 is 1. The third-order valence-electron chi connectivity index (χ3n) is 5.43. The van der Waals surface area contributed by atoms with Crippen molar-refractivity contribution in [2.45, 2.75) is 12.8 Å². The van der Waals surface area contributed by atoms with E-state index in [0.717, 1.165) is 5.56 Å². The Hall–Kier alpha value is -3.45. The van der Waals surface area contributed by atoms with Crippen LogP contribution in [0.2, 0.25) is 5.02 Å². The normalized spacial score (nSPS) is 19.5. The number of esters is 1. The molecule has 2 aromatic carbocycles. The summed E-state index contributed by atoms with van der Waals surface area (Å²) in [5, 5.41) is 8.99. The SMILES string of the molecule is COC(=O)C1C(C)=NC2=C(C(=O)c3ccccc32)[C@H]1c1ccc(OCC(=O)O)c(Cl)c1. The first-order chi connectivity index (χ1) is 14.8. The van der Waals surface area contributed by atoms with Gasteiger partial charge in [-0.3, -0.25) is 14.6 Å². The zero-order valence-electron chi connectivity index (χ0n) is 16.7. The molecule has 0 saturated heterocycles. The molecule has 0 radical (unpaired) electrons. The Morgan fingerprint density at radius 1 is 1.16 bits per heavy atom. The molecule has 2 atom stereocenters. The van der Waals surface area contributed by atoms with Crippen molar-refractivity contribution >= 4 is 40.7 Å². The second-order valence-electron chi connectivity index (χ2n) is 7.24. The standard InChI is InChI=1S/C23H18ClNO6/c1-11-18(23(29)30-2)19(12-7-8-16(15(24)9-12)31-10-17(26)27)20-21(25-11)13-5-3-4-6-14(13)22(20)28/h3-9,18-19H,10H2,1-2H3,(H,26,27)/t18?,19-/m0/s1. The topological polar surface area (TPSA) is 102 Å². The number of halogens is 1. The molecule has 8 heteroatoms. The molecule has 1 aliphatic heterocycles. The Labute approximate surface area is 183 Å². The molecular formula is C23H18ClNO6. The summed E-state index contributed by atoms with van der Waals surface area (Å²) in [4.78, 5) is 41.4. The maximum atomic E-state index is 13.3. The maximum Gasteiger partial charge on any atom is 0.341 e. The number of fused-ring (bicyclic) bond motifs is 2. The highest BCUT2D eigenvalue weighted by atomic mass is 35.5. The highest BCUT2D eigenvalue weighted by Gasteiger charge is 2.46. The van der Waals surface area contributed by atoms with Gasteiger partial charge in [0.1, 0.15) is 11.7 Å². The quantitative estimate of drug-likeness (QED) is 0.711. The number of rotatable bonds is 5. The monoisotopic (exact) mass is 439 g/mol. The molecule has 0 saturated carbocycles. The summed E-state index contributed by atoms with van der Waals surface area (Å²) < 4.78 is 10.2. The zero-order chi connectivity index (χ0) is 22.3. The largest absolute Gasteiger partial charge is 0.480 e. The molecule has 2 aliphatic rings. The number of carboxylic acids is 1. The van der Waals surface area contributed by atoms with Gasteiger partial charge in [-0.05, 0) is 24.6 Å². The molecule has 4 rings (SSSR count). The first-order valence-electron chi connectivity index (χ1n) is 9.48. The number of aliphatic imine (C=N–C) groups is 1. The zero-order valence-corrected chi connectivity index (χ0v) is 17.5. The number of allylic oxidation sites excluding steroid dienone is 1. The van der Waals surface area contributed by atoms with E-state index < -0.39 is 30.4 Å². The van der Waals surface area contributed by atoms with E-state index >= 15 is 0 Å². The molecule has 158 valence electrons. The molecule has 1 unspecified atom stereocenters. The van der Waals surface area contributed by atoms with Gasteiger partial charge in [-0.25, -0.2) is 4.79 Å². The van der Waals surface area contributed by atoms with Crippen LogP contribution in [0.5, 0.6) is 5.75 Å². The third-order valence-corrected chi connectivity index (χ3v) is 5.73. The number of benzene rings is 2. The molecule has 0 amide bonds. The first kappa shape index (κ1) is 20.8. The number of carbonyl (C=O) groups excluding carboxylic acids is 2. The van der Waals surface area contributed by atoms with Crippen LogP contribution in [-0.4, -0.2) is 42.3 Å². The number of hydrogen-bond donors (Lipinski definition) is 1. The summed E-state index contributed by atoms with van der Waals surface area (Å²) in [5.41, 5.74) is 3.35. The van der Waals surface area contributed by atoms with Crippen LogP contribution in [0.1, 0.15) is 34.3 Å². The fourth-order valence-corrected chi connectivity index (χ4v) is 4.35. The smallest absolute Gasteiger partial charge is 0.341 e. The lowest BCUT2D eigenvalue weighted by Crippen LogP contribution is -2.34. The molecule has 0 aromatic heterocycles. The van der Waals surface area contributed by atoms with Gasteiger partial charge < -0.3 is 14.6 Å². The average molecular weight is 440 g/mol. The van der Waals surface area contributed by atoms with Crippen molar-refractivity contribution in [3.05, 3.63) is 69.8 Å². The number of ether oxygens (including phenoxy) is 2. The Kier molecular flexibility index (Phi) is 5.37. The van der Waals surface area contributed by atoms with Crippen molar-refractivity contribution in [2.24, 2.45) is 10.9 Å². The first-order valence-corrected chi connectivity index (χ1v) is 9.86. The summed E-state index contributed by atoms with van der Waals surface area (Å²) >= 11 is 6.33. The van der Waals surface area contributed by atoms with E-state index in [1.165, 1.54) is 13.2 Å². The number of hydrogen-bond acceptors (Lipinski definition) is 6. The van der Waals surface area contributed by atoms with Crippen molar-refractivity contribution in [1.29, 1.82) is 0 Å². The predicted octanol–water partition coefficient (Wildman–Crippen LogP) is 3.76. The van der Waals surface area contributed by atoms with Gasteiger partial charge in [0.25, 0.3) is 0 Å². The highest BCUT2D eigenvalue weighted by molar-refractivity contribution is 6.32. The van der Waals surface area contributed by atoms with Crippen molar-refractivity contribution in [2.75, 3.05) is 13.7 Å². The Bertz CT molecular complexity index is 1180. The molecule has 0 bridgehead atoms. The third kappa shape index (κ3) is 3.51. The molecule has 31 heavy (non-hydrogen) atoms. The molecular weight excluding hydrogens is 422 g/mol. The van der Waals surface area contributed by atoms with E-state index in [-0.39, 0.29) is 16.6 Å². The number of carbonyl (C=O) groups is 3. The maximum absolute atomic E-state index is 13.3. The minimum Gasteiger partial charge on any atom is -0.480 e. The number of carboxylic acid groups (broad SMARTS) is 1. The minimum atomic E-state index is -1.13. The second-order valence-corrected chi connectivity index (χ2v) is 7.65. The van der Waals surface area contributed by atoms with Crippen LogP contribution >= 0.6 is 11.6 Å². The number of aliphatic carboxylic acids is 1. The van der Waals surface area contributed by atoms with E-state index in [0.29, 0.717) is 28.1 Å². The van der Waals surface area contributed by atoms with Gasteiger partial charge in [-0.1, -0.05) is 41.9 Å². The molecule has 7 nitrogen and oxygen atoms in total. The highest BCUT2D eigenvalue weighted by Crippen LogP contribution is 2.48. The molecule has 0 spiro atoms. The lowest BCUT2D eigenvalue weighted by atomic mass is 9.75. The summed E-state index contributed by atoms with van der Waals surface area (Å²) in [6.07, 6.45) is 0. The fourth-order valence-electron chi connectivity index (χ4n) is 4.11. The minimum absolute atomic E-state index is 0.174. The molecule has 1 aliphatic carbocycles. The lowest BCUT2D eigenvalue weighted by molar-refractivity contribution is -0.143. The average Bonchev–Trinajstić information content (AvgIpc) is 3.03. The van der Waals surface area contributed by atoms with Crippen LogP contribution in [0, 0.1) is 5.92 Å². The van der Waals surface area contributed by atoms with E-state index in [9.17, 15) is 14.4 Å². The Morgan fingerprint density at radius 3 is 2.52 bits per heavy atom. The van der Waals surface area contributed by atoms with Gasteiger partial charge in [0.2, 0.25) is 0 Å². The summed E-state index contributed by atoms with van der Waals surface area (Å²) in [7, 11) is 1.29. The number of Topliss-reactive ketones (excluding diaryl/α,β-unsaturated/α-hetero) is 1. The van der Waals surface area contributed by atoms with Crippen LogP contribution in [-0.2, 0) is 14.3 Å². The van der Waals surface area contributed by atoms with Crippen LogP contribution < -0.4 is 4.74 Å². The Morgan fingerprint density at radius 2 is 1.87 bits per heavy atom. The summed E-state index contributed by atoms with van der Waals surface area (Å²) in [6.45, 7) is 1.19. The molecule has 0 fully saturated rings. The van der Waals surface area contributed by atoms with E-state index in [2.05, 4.69) is 4.99 Å². The van der Waals surface area contributed by atoms with Crippen molar-refractivity contribution in [1.82, 2.24) is 0 Å². The number of ketones is 1. The second kappa shape index (κ2) is 8.00. The van der Waals surface area contributed by atoms with Crippen molar-refractivity contribution < 1.29 is 29.0 Å². The van der Waals surface area contributed by atoms with Gasteiger partial charge in [-0.15, -0.1) is 0 Å². The molecule has 2 aromatic rings. The van der Waals surface area contributed by atoms with Crippen LogP contribution in [0.4, 0.5) is 0 Å². The van der Waals surface area contributed by atoms with Crippen LogP contribution in [0.3, 0.4) is 0 Å². The summed E-state index contributed by atoms with van der Waals surface area (Å²) in [5.74, 6) is -3.10. The van der Waals surface area contributed by atoms with Crippen LogP contribution in [0.15, 0.2) is 53.0 Å². The van der Waals surface area contributed by atoms with E-state index in [4.69, 9.17) is 26.2 Å². The number of nitrogens with zero attached hydrogens (tertiary/aromatic N) is 1. The van der Waals surface area contributed by atoms with Crippen molar-refractivity contribution in [3.63, 3.8) is 0 Å². The van der Waals surface area contributed by atoms with Gasteiger partial charge in [0.05, 0.1) is 17.8 Å². The van der Waals surface area contributed by atoms with E-state index in [1.54, 1.807) is 31.2 Å². The van der Waals surface area contributed by atoms with Crippen LogP contribution in [0.25, 0.3) is 5.70 Å². The van der Waals surface area contributed by atoms with Gasteiger partial charge in [0.15, 0.2) is 12.4 Å². The van der Waals surface area contributed by atoms with Gasteiger partial charge >= 0.3 is 11.9 Å². The molecule has 1 N–H and O–H groups in total. The molecule has 1 heterocycles. The summed E-state index contributed by atoms with van der Waals surface area (Å²) in [6, 6.07) is 12.0. The van der Waals surface area contributed by atoms with Gasteiger partial charge in [-0.2, -0.15) is 0 Å². The Balaban J connectivity index is 1.84. The lowest BCUT2D eigenvalue weighted by Gasteiger charge is -2.30. The van der Waals surface area contributed by atoms with Gasteiger partial charge in [0, 0.05) is 28.3 Å². The fraction of sp³-hybridized carbons (Fsp3) is 0.217. The predicted molar refractivity (Wildman–Crippen MR) is 114 cm³/mol.